The summed E-state index contributed by atoms with van der Waals surface area (Å²) in [6, 6.07) is 9.36. The summed E-state index contributed by atoms with van der Waals surface area (Å²) in [4.78, 5) is 14.0. The van der Waals surface area contributed by atoms with Crippen LogP contribution in [-0.4, -0.2) is 22.7 Å². The van der Waals surface area contributed by atoms with E-state index in [1.54, 1.807) is 12.1 Å². The molecule has 0 radical (unpaired) electrons. The first kappa shape index (κ1) is 17.4. The highest BCUT2D eigenvalue weighted by molar-refractivity contribution is 9.11. The maximum absolute atomic E-state index is 10.6. The number of nitrogens with one attached hydrogen (secondary N) is 1. The molecule has 0 bridgehead atoms. The standard InChI is InChI=1S/C19H15Br2NO4/c20-15-6-12(25-9-18(23)24)7-16(21)19(15)26-11-3-4-17-13(5-11)14(8-22-17)10-1-2-10/h3-8,10,22H,1-2,9H2,(H,23,24). The Bertz CT molecular complexity index is 971. The van der Waals surface area contributed by atoms with Gasteiger partial charge in [-0.2, -0.15) is 0 Å². The molecule has 0 atom stereocenters. The van der Waals surface area contributed by atoms with Crippen LogP contribution in [0.1, 0.15) is 24.3 Å². The van der Waals surface area contributed by atoms with E-state index >= 15 is 0 Å². The Hall–Kier alpha value is -1.99. The van der Waals surface area contributed by atoms with Crippen LogP contribution >= 0.6 is 31.9 Å². The fourth-order valence-corrected chi connectivity index (χ4v) is 4.20. The van der Waals surface area contributed by atoms with Crippen molar-refractivity contribution < 1.29 is 19.4 Å². The number of aromatic amines is 1. The second-order valence-electron chi connectivity index (χ2n) is 6.23. The minimum Gasteiger partial charge on any atom is -0.482 e. The number of carboxylic acid groups (broad SMARTS) is 1. The van der Waals surface area contributed by atoms with Crippen molar-refractivity contribution in [3.63, 3.8) is 0 Å². The second-order valence-corrected chi connectivity index (χ2v) is 7.93. The Balaban J connectivity index is 1.61. The zero-order valence-corrected chi connectivity index (χ0v) is 16.8. The molecule has 1 aliphatic carbocycles. The lowest BCUT2D eigenvalue weighted by molar-refractivity contribution is -0.139. The zero-order valence-electron chi connectivity index (χ0n) is 13.6. The van der Waals surface area contributed by atoms with Gasteiger partial charge in [-0.05, 0) is 86.5 Å². The van der Waals surface area contributed by atoms with Crippen LogP contribution in [-0.2, 0) is 4.79 Å². The lowest BCUT2D eigenvalue weighted by Gasteiger charge is -2.12. The molecule has 1 fully saturated rings. The maximum atomic E-state index is 10.6. The number of benzene rings is 2. The molecule has 26 heavy (non-hydrogen) atoms. The number of halogens is 2. The summed E-state index contributed by atoms with van der Waals surface area (Å²) in [7, 11) is 0. The van der Waals surface area contributed by atoms with Gasteiger partial charge in [0.1, 0.15) is 11.5 Å². The van der Waals surface area contributed by atoms with Gasteiger partial charge in [0.05, 0.1) is 8.95 Å². The van der Waals surface area contributed by atoms with Gasteiger partial charge in [-0.1, -0.05) is 0 Å². The fourth-order valence-electron chi connectivity index (χ4n) is 2.90. The van der Waals surface area contributed by atoms with Gasteiger partial charge in [0, 0.05) is 17.1 Å². The molecular formula is C19H15Br2NO4. The van der Waals surface area contributed by atoms with Crippen molar-refractivity contribution in [2.45, 2.75) is 18.8 Å². The molecule has 3 aromatic rings. The predicted octanol–water partition coefficient (Wildman–Crippen LogP) is 5.83. The summed E-state index contributed by atoms with van der Waals surface area (Å²) in [6.45, 7) is -0.396. The van der Waals surface area contributed by atoms with Crippen molar-refractivity contribution in [1.29, 1.82) is 0 Å². The highest BCUT2D eigenvalue weighted by Gasteiger charge is 2.26. The Morgan fingerprint density at radius 3 is 2.54 bits per heavy atom. The second kappa shape index (κ2) is 6.96. The number of ether oxygens (including phenoxy) is 2. The first-order valence-electron chi connectivity index (χ1n) is 8.14. The summed E-state index contributed by atoms with van der Waals surface area (Å²) in [5, 5.41) is 9.91. The molecular weight excluding hydrogens is 466 g/mol. The van der Waals surface area contributed by atoms with Gasteiger partial charge in [0.15, 0.2) is 12.4 Å². The van der Waals surface area contributed by atoms with Crippen LogP contribution < -0.4 is 9.47 Å². The van der Waals surface area contributed by atoms with Crippen LogP contribution in [0, 0.1) is 0 Å². The van der Waals surface area contributed by atoms with E-state index in [4.69, 9.17) is 14.6 Å². The maximum Gasteiger partial charge on any atom is 0.341 e. The average molecular weight is 481 g/mol. The Labute approximate surface area is 166 Å². The van der Waals surface area contributed by atoms with Crippen molar-refractivity contribution in [1.82, 2.24) is 4.98 Å². The van der Waals surface area contributed by atoms with Crippen LogP contribution in [0.15, 0.2) is 45.5 Å². The van der Waals surface area contributed by atoms with Crippen LogP contribution in [0.2, 0.25) is 0 Å². The van der Waals surface area contributed by atoms with Gasteiger partial charge in [-0.25, -0.2) is 4.79 Å². The molecule has 5 nitrogen and oxygen atoms in total. The number of hydrogen-bond donors (Lipinski definition) is 2. The smallest absolute Gasteiger partial charge is 0.341 e. The van der Waals surface area contributed by atoms with Gasteiger partial charge in [-0.3, -0.25) is 0 Å². The number of rotatable bonds is 6. The van der Waals surface area contributed by atoms with Gasteiger partial charge < -0.3 is 19.6 Å². The van der Waals surface area contributed by atoms with E-state index in [0.717, 1.165) is 11.3 Å². The molecule has 0 amide bonds. The van der Waals surface area contributed by atoms with E-state index in [1.807, 2.05) is 18.2 Å². The third-order valence-electron chi connectivity index (χ3n) is 4.26. The lowest BCUT2D eigenvalue weighted by Crippen LogP contribution is -2.09. The topological polar surface area (TPSA) is 71.6 Å². The summed E-state index contributed by atoms with van der Waals surface area (Å²) >= 11 is 6.93. The van der Waals surface area contributed by atoms with E-state index in [1.165, 1.54) is 23.8 Å². The van der Waals surface area contributed by atoms with E-state index in [2.05, 4.69) is 43.0 Å². The highest BCUT2D eigenvalue weighted by atomic mass is 79.9. The number of hydrogen-bond acceptors (Lipinski definition) is 3. The first-order chi connectivity index (χ1) is 12.5. The quantitative estimate of drug-likeness (QED) is 0.465. The highest BCUT2D eigenvalue weighted by Crippen LogP contribution is 2.45. The van der Waals surface area contributed by atoms with Crippen molar-refractivity contribution in [2.24, 2.45) is 0 Å². The van der Waals surface area contributed by atoms with E-state index in [0.29, 0.717) is 26.4 Å². The molecule has 0 unspecified atom stereocenters. The molecule has 0 aliphatic heterocycles. The molecule has 1 saturated carbocycles. The van der Waals surface area contributed by atoms with Crippen LogP contribution in [0.5, 0.6) is 17.2 Å². The van der Waals surface area contributed by atoms with Crippen LogP contribution in [0.25, 0.3) is 10.9 Å². The van der Waals surface area contributed by atoms with Gasteiger partial charge >= 0.3 is 5.97 Å². The minimum absolute atomic E-state index is 0.396. The van der Waals surface area contributed by atoms with Crippen LogP contribution in [0.3, 0.4) is 0 Å². The molecule has 4 rings (SSSR count). The van der Waals surface area contributed by atoms with Gasteiger partial charge in [0.25, 0.3) is 0 Å². The number of aliphatic carboxylic acids is 1. The Morgan fingerprint density at radius 1 is 1.15 bits per heavy atom. The first-order valence-corrected chi connectivity index (χ1v) is 9.72. The van der Waals surface area contributed by atoms with Crippen molar-refractivity contribution in [3.05, 3.63) is 51.0 Å². The monoisotopic (exact) mass is 479 g/mol. The number of carbonyl (C=O) groups is 1. The summed E-state index contributed by atoms with van der Waals surface area (Å²) < 4.78 is 12.6. The van der Waals surface area contributed by atoms with Crippen molar-refractivity contribution >= 4 is 48.7 Å². The Morgan fingerprint density at radius 2 is 1.88 bits per heavy atom. The molecule has 134 valence electrons. The van der Waals surface area contributed by atoms with E-state index in [-0.39, 0.29) is 0 Å². The predicted molar refractivity (Wildman–Crippen MR) is 105 cm³/mol. The SMILES string of the molecule is O=C(O)COc1cc(Br)c(Oc2ccc3[nH]cc(C4CC4)c3c2)c(Br)c1. The zero-order chi connectivity index (χ0) is 18.3. The Kier molecular flexibility index (Phi) is 4.67. The summed E-state index contributed by atoms with van der Waals surface area (Å²) in [5.74, 6) is 1.41. The molecule has 0 saturated heterocycles. The van der Waals surface area contributed by atoms with Gasteiger partial charge in [-0.15, -0.1) is 0 Å². The van der Waals surface area contributed by atoms with E-state index < -0.39 is 12.6 Å². The van der Waals surface area contributed by atoms with Crippen molar-refractivity contribution in [3.8, 4) is 17.2 Å². The number of fused-ring (bicyclic) bond motifs is 1. The fraction of sp³-hybridized carbons (Fsp3) is 0.211. The van der Waals surface area contributed by atoms with Gasteiger partial charge in [0.2, 0.25) is 0 Å². The minimum atomic E-state index is -1.02. The number of H-pyrrole nitrogens is 1. The molecule has 1 aliphatic rings. The lowest BCUT2D eigenvalue weighted by atomic mass is 10.1. The van der Waals surface area contributed by atoms with Crippen molar-refractivity contribution in [2.75, 3.05) is 6.61 Å². The summed E-state index contributed by atoms with van der Waals surface area (Å²) in [6.07, 6.45) is 4.58. The third-order valence-corrected chi connectivity index (χ3v) is 5.43. The molecule has 1 aromatic heterocycles. The van der Waals surface area contributed by atoms with Crippen LogP contribution in [0.4, 0.5) is 0 Å². The third kappa shape index (κ3) is 3.59. The largest absolute Gasteiger partial charge is 0.482 e. The normalized spacial score (nSPS) is 13.8. The number of carboxylic acids is 1. The molecule has 1 heterocycles. The molecule has 2 aromatic carbocycles. The number of aromatic nitrogens is 1. The average Bonchev–Trinajstić information content (AvgIpc) is 3.36. The molecule has 2 N–H and O–H groups in total. The molecule has 7 heteroatoms. The van der Waals surface area contributed by atoms with E-state index in [9.17, 15) is 4.79 Å². The summed E-state index contributed by atoms with van der Waals surface area (Å²) in [5.41, 5.74) is 2.45. The molecule has 0 spiro atoms.